The minimum absolute atomic E-state index is 0.187. The number of fused-ring (bicyclic) bond motifs is 1. The lowest BCUT2D eigenvalue weighted by Crippen LogP contribution is -2.41. The Bertz CT molecular complexity index is 2350. The molecule has 0 aliphatic carbocycles. The summed E-state index contributed by atoms with van der Waals surface area (Å²) in [5, 5.41) is 8.43. The van der Waals surface area contributed by atoms with E-state index >= 15 is 0 Å². The molecule has 50 heavy (non-hydrogen) atoms. The number of methoxy groups -OCH3 is 1. The normalized spacial score (nSPS) is 11.5. The lowest BCUT2D eigenvalue weighted by Gasteiger charge is -2.14. The number of hydrogen-bond acceptors (Lipinski definition) is 11. The van der Waals surface area contributed by atoms with Crippen LogP contribution in [-0.4, -0.2) is 51.3 Å². The smallest absolute Gasteiger partial charge is 0.439 e. The number of esters is 1. The largest absolute Gasteiger partial charge is 0.497 e. The highest BCUT2D eigenvalue weighted by molar-refractivity contribution is 7.18. The zero-order chi connectivity index (χ0) is 35.2. The number of ether oxygens (including phenoxy) is 2. The van der Waals surface area contributed by atoms with E-state index in [1.165, 1.54) is 11.3 Å². The third kappa shape index (κ3) is 7.20. The third-order valence-electron chi connectivity index (χ3n) is 7.92. The van der Waals surface area contributed by atoms with Gasteiger partial charge in [0.2, 0.25) is 6.61 Å². The summed E-state index contributed by atoms with van der Waals surface area (Å²) >= 11 is 1.41. The van der Waals surface area contributed by atoms with Crippen molar-refractivity contribution in [1.82, 2.24) is 19.3 Å². The summed E-state index contributed by atoms with van der Waals surface area (Å²) in [6.45, 7) is 3.39. The average molecular weight is 696 g/mol. The molecule has 0 saturated carbocycles. The molecule has 0 spiro atoms. The molecule has 0 radical (unpaired) electrons. The molecule has 0 fully saturated rings. The van der Waals surface area contributed by atoms with Crippen LogP contribution in [-0.2, 0) is 33.9 Å². The van der Waals surface area contributed by atoms with Crippen LogP contribution in [0, 0.1) is 0 Å². The van der Waals surface area contributed by atoms with Crippen molar-refractivity contribution in [2.24, 2.45) is 5.16 Å². The Morgan fingerprint density at radius 2 is 1.70 bits per heavy atom. The first-order valence-corrected chi connectivity index (χ1v) is 16.6. The minimum atomic E-state index is -0.644. The second-order valence-corrected chi connectivity index (χ2v) is 12.2. The quantitative estimate of drug-likeness (QED) is 0.101. The molecule has 0 saturated heterocycles. The average Bonchev–Trinajstić information content (AvgIpc) is 3.78. The molecule has 14 heteroatoms. The van der Waals surface area contributed by atoms with Gasteiger partial charge in [-0.25, -0.2) is 14.4 Å². The number of oxime groups is 1. The fourth-order valence-corrected chi connectivity index (χ4v) is 6.51. The van der Waals surface area contributed by atoms with Gasteiger partial charge in [-0.1, -0.05) is 65.8 Å². The van der Waals surface area contributed by atoms with Crippen LogP contribution in [0.25, 0.3) is 32.7 Å². The van der Waals surface area contributed by atoms with Gasteiger partial charge in [-0.3, -0.25) is 23.4 Å². The second kappa shape index (κ2) is 15.0. The fourth-order valence-electron chi connectivity index (χ4n) is 5.43. The third-order valence-corrected chi connectivity index (χ3v) is 9.22. The molecule has 0 atom stereocenters. The van der Waals surface area contributed by atoms with Crippen molar-refractivity contribution in [1.29, 1.82) is 0 Å². The van der Waals surface area contributed by atoms with Crippen LogP contribution < -0.4 is 21.7 Å². The number of aromatic nitrogens is 4. The predicted molar refractivity (Wildman–Crippen MR) is 189 cm³/mol. The Morgan fingerprint density at radius 3 is 2.36 bits per heavy atom. The summed E-state index contributed by atoms with van der Waals surface area (Å²) in [6, 6.07) is 23.9. The van der Waals surface area contributed by atoms with Crippen molar-refractivity contribution < 1.29 is 23.6 Å². The van der Waals surface area contributed by atoms with E-state index in [0.717, 1.165) is 26.1 Å². The van der Waals surface area contributed by atoms with Crippen LogP contribution in [0.1, 0.15) is 29.9 Å². The molecule has 0 bridgehead atoms. The maximum absolute atomic E-state index is 14.2. The Morgan fingerprint density at radius 1 is 0.960 bits per heavy atom. The van der Waals surface area contributed by atoms with Crippen molar-refractivity contribution in [2.45, 2.75) is 33.4 Å². The van der Waals surface area contributed by atoms with E-state index in [9.17, 15) is 19.2 Å². The van der Waals surface area contributed by atoms with Crippen molar-refractivity contribution >= 4 is 33.2 Å². The highest BCUT2D eigenvalue weighted by Crippen LogP contribution is 2.30. The number of aromatic amines is 1. The van der Waals surface area contributed by atoms with E-state index < -0.39 is 29.6 Å². The van der Waals surface area contributed by atoms with Gasteiger partial charge in [-0.15, -0.1) is 11.3 Å². The summed E-state index contributed by atoms with van der Waals surface area (Å²) in [4.78, 5) is 61.1. The Balaban J connectivity index is 1.38. The molecule has 6 aromatic rings. The van der Waals surface area contributed by atoms with Gasteiger partial charge in [0.15, 0.2) is 5.82 Å². The summed E-state index contributed by atoms with van der Waals surface area (Å²) in [5.74, 6) is -0.317. The molecule has 0 aliphatic heterocycles. The monoisotopic (exact) mass is 695 g/mol. The molecule has 3 aromatic heterocycles. The van der Waals surface area contributed by atoms with Crippen LogP contribution in [0.3, 0.4) is 0 Å². The molecule has 0 unspecified atom stereocenters. The van der Waals surface area contributed by atoms with Gasteiger partial charge in [0.05, 0.1) is 32.2 Å². The molecule has 0 amide bonds. The lowest BCUT2D eigenvalue weighted by atomic mass is 9.98. The number of aryl methyl sites for hydroxylation is 1. The van der Waals surface area contributed by atoms with Crippen molar-refractivity contribution in [3.63, 3.8) is 0 Å². The number of nitrogens with zero attached hydrogens (tertiary/aromatic N) is 4. The van der Waals surface area contributed by atoms with Crippen LogP contribution in [0.2, 0.25) is 0 Å². The zero-order valence-corrected chi connectivity index (χ0v) is 28.3. The summed E-state index contributed by atoms with van der Waals surface area (Å²) in [7, 11) is 1.55. The van der Waals surface area contributed by atoms with Gasteiger partial charge in [-0.2, -0.15) is 0 Å². The first kappa shape index (κ1) is 33.9. The second-order valence-electron chi connectivity index (χ2n) is 11.1. The number of rotatable bonds is 13. The Kier molecular flexibility index (Phi) is 10.2. The first-order chi connectivity index (χ1) is 24.3. The van der Waals surface area contributed by atoms with Crippen LogP contribution in [0.5, 0.6) is 5.75 Å². The highest BCUT2D eigenvalue weighted by Gasteiger charge is 2.20. The minimum Gasteiger partial charge on any atom is -0.497 e. The van der Waals surface area contributed by atoms with Gasteiger partial charge >= 0.3 is 17.4 Å². The van der Waals surface area contributed by atoms with Gasteiger partial charge in [0.25, 0.3) is 5.56 Å². The van der Waals surface area contributed by atoms with Crippen molar-refractivity contribution in [3.05, 3.63) is 126 Å². The van der Waals surface area contributed by atoms with Crippen LogP contribution in [0.4, 0.5) is 0 Å². The number of benzene rings is 3. The standard InChI is InChI=1S/C36H33N5O8S/c1-4-26-18-29-33(43)40(20-30(38-48-21-31(42)47-5-2)24-14-16-25(46-3)17-15-24)36(45)41(34(29)50-26)19-22-10-12-23(13-11-22)27-8-6-7-9-28(27)32-37-35(44)49-39-32/h6-18H,4-5,19-21H2,1-3H3,(H,37,39,44). The number of carbonyl (C=O) groups excluding carboxylic acids is 1. The van der Waals surface area contributed by atoms with E-state index in [2.05, 4.69) is 15.3 Å². The van der Waals surface area contributed by atoms with Gasteiger partial charge in [0, 0.05) is 16.0 Å². The molecule has 3 heterocycles. The van der Waals surface area contributed by atoms with E-state index in [4.69, 9.17) is 18.8 Å². The number of carbonyl (C=O) groups is 1. The molecule has 0 aliphatic rings. The molecular weight excluding hydrogens is 662 g/mol. The van der Waals surface area contributed by atoms with E-state index in [1.54, 1.807) is 42.9 Å². The molecular formula is C36H33N5O8S. The summed E-state index contributed by atoms with van der Waals surface area (Å²) in [6.07, 6.45) is 0.693. The number of H-pyrrole nitrogens is 1. The predicted octanol–water partition coefficient (Wildman–Crippen LogP) is 4.84. The Hall–Kier alpha value is -6.02. The van der Waals surface area contributed by atoms with E-state index in [1.807, 2.05) is 61.5 Å². The Labute approximate surface area is 289 Å². The molecule has 3 aromatic carbocycles. The maximum atomic E-state index is 14.2. The van der Waals surface area contributed by atoms with Crippen LogP contribution in [0.15, 0.2) is 103 Å². The summed E-state index contributed by atoms with van der Waals surface area (Å²) < 4.78 is 17.6. The van der Waals surface area contributed by atoms with Crippen LogP contribution >= 0.6 is 11.3 Å². The highest BCUT2D eigenvalue weighted by atomic mass is 32.1. The maximum Gasteiger partial charge on any atom is 0.439 e. The molecule has 256 valence electrons. The van der Waals surface area contributed by atoms with Crippen molar-refractivity contribution in [2.75, 3.05) is 20.3 Å². The SMILES string of the molecule is CCOC(=O)CON=C(Cn1c(=O)c2cc(CC)sc2n(Cc2ccc(-c3ccccc3-c3noc(=O)[nH]3)cc2)c1=O)c1ccc(OC)cc1. The molecule has 13 nitrogen and oxygen atoms in total. The lowest BCUT2D eigenvalue weighted by molar-refractivity contribution is -0.148. The number of hydrogen-bond donors (Lipinski definition) is 1. The molecule has 1 N–H and O–H groups in total. The van der Waals surface area contributed by atoms with Crippen molar-refractivity contribution in [3.8, 4) is 28.3 Å². The number of nitrogens with one attached hydrogen (secondary N) is 1. The topological polar surface area (TPSA) is 160 Å². The van der Waals surface area contributed by atoms with Gasteiger partial charge in [-0.05, 0) is 60.4 Å². The zero-order valence-electron chi connectivity index (χ0n) is 27.5. The summed E-state index contributed by atoms with van der Waals surface area (Å²) in [5.41, 5.74) is 3.05. The van der Waals surface area contributed by atoms with Gasteiger partial charge in [0.1, 0.15) is 16.3 Å². The number of thiophene rings is 1. The molecule has 6 rings (SSSR count). The van der Waals surface area contributed by atoms with E-state index in [-0.39, 0.29) is 25.4 Å². The van der Waals surface area contributed by atoms with E-state index in [0.29, 0.717) is 39.3 Å². The van der Waals surface area contributed by atoms with Gasteiger partial charge < -0.3 is 14.3 Å². The fraction of sp³-hybridized carbons (Fsp3) is 0.222. The first-order valence-electron chi connectivity index (χ1n) is 15.8.